The molecule has 0 unspecified atom stereocenters. The van der Waals surface area contributed by atoms with E-state index in [4.69, 9.17) is 0 Å². The van der Waals surface area contributed by atoms with E-state index in [1.165, 1.54) is 29.8 Å². The van der Waals surface area contributed by atoms with Crippen molar-refractivity contribution >= 4 is 11.6 Å². The van der Waals surface area contributed by atoms with Crippen molar-refractivity contribution < 1.29 is 4.79 Å². The Balaban J connectivity index is 1.84. The van der Waals surface area contributed by atoms with Crippen molar-refractivity contribution in [2.24, 2.45) is 0 Å². The molecule has 0 atom stereocenters. The topological polar surface area (TPSA) is 62.0 Å². The fraction of sp³-hybridized carbons (Fsp3) is 0.250. The van der Waals surface area contributed by atoms with E-state index in [0.717, 1.165) is 24.2 Å². The number of benzene rings is 1. The number of nitrogens with one attached hydrogen (secondary N) is 2. The molecule has 1 aromatic carbocycles. The van der Waals surface area contributed by atoms with Gasteiger partial charge in [-0.15, -0.1) is 0 Å². The Hall–Kier alpha value is -2.36. The van der Waals surface area contributed by atoms with Crippen molar-refractivity contribution in [1.29, 1.82) is 0 Å². The van der Waals surface area contributed by atoms with Gasteiger partial charge in [0, 0.05) is 23.6 Å². The van der Waals surface area contributed by atoms with Gasteiger partial charge in [-0.2, -0.15) is 0 Å². The monoisotopic (exact) mass is 268 g/mol. The summed E-state index contributed by atoms with van der Waals surface area (Å²) in [5, 5.41) is 2.79. The molecule has 20 heavy (non-hydrogen) atoms. The molecule has 3 rings (SSSR count). The molecule has 4 nitrogen and oxygen atoms in total. The molecule has 1 amide bonds. The number of hydrogen-bond donors (Lipinski definition) is 2. The van der Waals surface area contributed by atoms with Crippen molar-refractivity contribution in [1.82, 2.24) is 4.98 Å². The van der Waals surface area contributed by atoms with Gasteiger partial charge in [0.1, 0.15) is 5.56 Å². The van der Waals surface area contributed by atoms with Crippen molar-refractivity contribution in [3.8, 4) is 0 Å². The number of fused-ring (bicyclic) bond motifs is 1. The lowest BCUT2D eigenvalue weighted by molar-refractivity contribution is 0.102. The summed E-state index contributed by atoms with van der Waals surface area (Å²) in [4.78, 5) is 26.8. The molecule has 1 aliphatic rings. The molecule has 2 N–H and O–H groups in total. The van der Waals surface area contributed by atoms with Crippen molar-refractivity contribution in [3.63, 3.8) is 0 Å². The van der Waals surface area contributed by atoms with Crippen molar-refractivity contribution in [2.45, 2.75) is 26.2 Å². The molecule has 1 aromatic heterocycles. The number of aromatic nitrogens is 1. The zero-order valence-electron chi connectivity index (χ0n) is 11.3. The molecule has 0 spiro atoms. The number of pyridine rings is 1. The first kappa shape index (κ1) is 12.7. The van der Waals surface area contributed by atoms with E-state index in [2.05, 4.69) is 16.4 Å². The van der Waals surface area contributed by atoms with Crippen LogP contribution in [0.2, 0.25) is 0 Å². The molecule has 2 aromatic rings. The third-order valence-corrected chi connectivity index (χ3v) is 3.66. The molecule has 0 fully saturated rings. The number of aromatic amines is 1. The molecule has 1 aliphatic carbocycles. The zero-order valence-corrected chi connectivity index (χ0v) is 11.3. The highest BCUT2D eigenvalue weighted by Crippen LogP contribution is 2.24. The molecule has 102 valence electrons. The molecule has 0 saturated carbocycles. The van der Waals surface area contributed by atoms with Crippen LogP contribution in [0.15, 0.2) is 35.3 Å². The van der Waals surface area contributed by atoms with Gasteiger partial charge in [-0.25, -0.2) is 0 Å². The zero-order chi connectivity index (χ0) is 14.1. The fourth-order valence-corrected chi connectivity index (χ4v) is 2.60. The van der Waals surface area contributed by atoms with E-state index < -0.39 is 0 Å². The molecule has 0 saturated heterocycles. The van der Waals surface area contributed by atoms with Crippen LogP contribution in [0.5, 0.6) is 0 Å². The summed E-state index contributed by atoms with van der Waals surface area (Å²) in [6, 6.07) is 7.38. The average Bonchev–Trinajstić information content (AvgIpc) is 2.85. The van der Waals surface area contributed by atoms with E-state index in [0.29, 0.717) is 0 Å². The van der Waals surface area contributed by atoms with Crippen molar-refractivity contribution in [3.05, 3.63) is 63.1 Å². The third kappa shape index (κ3) is 2.37. The fourth-order valence-electron chi connectivity index (χ4n) is 2.60. The summed E-state index contributed by atoms with van der Waals surface area (Å²) >= 11 is 0. The number of carbonyl (C=O) groups is 1. The van der Waals surface area contributed by atoms with Crippen LogP contribution in [0.3, 0.4) is 0 Å². The lowest BCUT2D eigenvalue weighted by Crippen LogP contribution is -2.21. The van der Waals surface area contributed by atoms with Gasteiger partial charge in [0.25, 0.3) is 5.91 Å². The number of amides is 1. The van der Waals surface area contributed by atoms with Crippen LogP contribution in [0, 0.1) is 6.92 Å². The second kappa shape index (κ2) is 4.96. The van der Waals surface area contributed by atoms with Gasteiger partial charge in [-0.1, -0.05) is 6.07 Å². The maximum Gasteiger partial charge on any atom is 0.261 e. The number of H-pyrrole nitrogens is 1. The van der Waals surface area contributed by atoms with Crippen LogP contribution in [-0.2, 0) is 12.8 Å². The lowest BCUT2D eigenvalue weighted by atomic mass is 10.1. The molecular formula is C16H16N2O2. The average molecular weight is 268 g/mol. The maximum absolute atomic E-state index is 12.1. The van der Waals surface area contributed by atoms with Gasteiger partial charge >= 0.3 is 0 Å². The normalized spacial score (nSPS) is 13.1. The summed E-state index contributed by atoms with van der Waals surface area (Å²) < 4.78 is 0. The van der Waals surface area contributed by atoms with E-state index in [9.17, 15) is 9.59 Å². The second-order valence-electron chi connectivity index (χ2n) is 5.19. The summed E-state index contributed by atoms with van der Waals surface area (Å²) in [5.41, 5.74) is 4.01. The smallest absolute Gasteiger partial charge is 0.261 e. The Kier molecular flexibility index (Phi) is 3.14. The number of carbonyl (C=O) groups excluding carboxylic acids is 1. The summed E-state index contributed by atoms with van der Waals surface area (Å²) in [6.45, 7) is 1.78. The van der Waals surface area contributed by atoms with Crippen molar-refractivity contribution in [2.75, 3.05) is 5.32 Å². The standard InChI is InChI=1S/C16H16N2O2/c1-10-7-15(19)14(9-17-10)16(20)18-13-6-5-11-3-2-4-12(11)8-13/h5-9H,2-4H2,1H3,(H,17,19)(H,18,20). The van der Waals surface area contributed by atoms with E-state index >= 15 is 0 Å². The number of anilines is 1. The number of hydrogen-bond acceptors (Lipinski definition) is 2. The molecule has 0 aliphatic heterocycles. The Morgan fingerprint density at radius 2 is 2.00 bits per heavy atom. The lowest BCUT2D eigenvalue weighted by Gasteiger charge is -2.07. The first-order chi connectivity index (χ1) is 9.63. The highest BCUT2D eigenvalue weighted by Gasteiger charge is 2.14. The first-order valence-electron chi connectivity index (χ1n) is 6.76. The molecule has 0 radical (unpaired) electrons. The Labute approximate surface area is 116 Å². The predicted octanol–water partition coefficient (Wildman–Crippen LogP) is 2.42. The molecule has 4 heteroatoms. The van der Waals surface area contributed by atoms with Crippen LogP contribution >= 0.6 is 0 Å². The molecule has 1 heterocycles. The van der Waals surface area contributed by atoms with Gasteiger partial charge in [0.15, 0.2) is 5.43 Å². The molecule has 0 bridgehead atoms. The Morgan fingerprint density at radius 3 is 2.80 bits per heavy atom. The van der Waals surface area contributed by atoms with Crippen LogP contribution in [0.25, 0.3) is 0 Å². The second-order valence-corrected chi connectivity index (χ2v) is 5.19. The minimum atomic E-state index is -0.371. The van der Waals surface area contributed by atoms with E-state index in [1.807, 2.05) is 12.1 Å². The van der Waals surface area contributed by atoms with Crippen LogP contribution < -0.4 is 10.7 Å². The largest absolute Gasteiger partial charge is 0.364 e. The Morgan fingerprint density at radius 1 is 1.20 bits per heavy atom. The van der Waals surface area contributed by atoms with Gasteiger partial charge in [0.05, 0.1) is 0 Å². The minimum absolute atomic E-state index is 0.135. The first-order valence-corrected chi connectivity index (χ1v) is 6.76. The predicted molar refractivity (Wildman–Crippen MR) is 78.2 cm³/mol. The van der Waals surface area contributed by atoms with Crippen LogP contribution in [-0.4, -0.2) is 10.9 Å². The summed E-state index contributed by atoms with van der Waals surface area (Å²) in [6.07, 6.45) is 4.80. The number of aryl methyl sites for hydroxylation is 3. The highest BCUT2D eigenvalue weighted by molar-refractivity contribution is 6.04. The Bertz CT molecular complexity index is 731. The van der Waals surface area contributed by atoms with Crippen LogP contribution in [0.1, 0.15) is 33.6 Å². The number of rotatable bonds is 2. The summed E-state index contributed by atoms with van der Waals surface area (Å²) in [5.74, 6) is -0.371. The third-order valence-electron chi connectivity index (χ3n) is 3.66. The van der Waals surface area contributed by atoms with E-state index in [1.54, 1.807) is 6.92 Å². The summed E-state index contributed by atoms with van der Waals surface area (Å²) in [7, 11) is 0. The molecular weight excluding hydrogens is 252 g/mol. The van der Waals surface area contributed by atoms with Gasteiger partial charge < -0.3 is 10.3 Å². The van der Waals surface area contributed by atoms with Gasteiger partial charge in [-0.05, 0) is 49.4 Å². The quantitative estimate of drug-likeness (QED) is 0.878. The SMILES string of the molecule is Cc1cc(=O)c(C(=O)Nc2ccc3c(c2)CCC3)c[nH]1. The van der Waals surface area contributed by atoms with Gasteiger partial charge in [0.2, 0.25) is 0 Å². The van der Waals surface area contributed by atoms with Gasteiger partial charge in [-0.3, -0.25) is 9.59 Å². The van der Waals surface area contributed by atoms with Crippen LogP contribution in [0.4, 0.5) is 5.69 Å². The minimum Gasteiger partial charge on any atom is -0.364 e. The van der Waals surface area contributed by atoms with E-state index in [-0.39, 0.29) is 16.9 Å². The maximum atomic E-state index is 12.1. The highest BCUT2D eigenvalue weighted by atomic mass is 16.2.